The summed E-state index contributed by atoms with van der Waals surface area (Å²) in [7, 11) is 0. The third-order valence-corrected chi connectivity index (χ3v) is 2.47. The van der Waals surface area contributed by atoms with Crippen LogP contribution in [-0.2, 0) is 0 Å². The molecule has 1 saturated carbocycles. The zero-order valence-electron chi connectivity index (χ0n) is 7.98. The van der Waals surface area contributed by atoms with Crippen LogP contribution in [-0.4, -0.2) is 22.8 Å². The van der Waals surface area contributed by atoms with E-state index in [1.807, 2.05) is 6.07 Å². The number of aromatic hydroxyl groups is 1. The highest BCUT2D eigenvalue weighted by atomic mass is 16.3. The van der Waals surface area contributed by atoms with E-state index in [1.165, 1.54) is 12.8 Å². The molecule has 0 spiro atoms. The number of phenols is 1. The zero-order chi connectivity index (χ0) is 9.97. The van der Waals surface area contributed by atoms with Gasteiger partial charge < -0.3 is 15.5 Å². The molecule has 1 aliphatic rings. The Balaban J connectivity index is 1.95. The van der Waals surface area contributed by atoms with Crippen LogP contribution in [0.1, 0.15) is 24.5 Å². The monoisotopic (exact) mass is 193 g/mol. The molecule has 1 aromatic rings. The van der Waals surface area contributed by atoms with Gasteiger partial charge in [0.15, 0.2) is 0 Å². The van der Waals surface area contributed by atoms with Crippen LogP contribution in [0.15, 0.2) is 24.3 Å². The summed E-state index contributed by atoms with van der Waals surface area (Å²) < 4.78 is 0. The van der Waals surface area contributed by atoms with Crippen molar-refractivity contribution < 1.29 is 10.2 Å². The van der Waals surface area contributed by atoms with Gasteiger partial charge >= 0.3 is 0 Å². The number of hydrogen-bond donors (Lipinski definition) is 3. The first-order valence-corrected chi connectivity index (χ1v) is 4.96. The Morgan fingerprint density at radius 3 is 2.71 bits per heavy atom. The van der Waals surface area contributed by atoms with E-state index in [9.17, 15) is 10.2 Å². The molecule has 0 aromatic heterocycles. The average Bonchev–Trinajstić information content (AvgIpc) is 2.98. The highest BCUT2D eigenvalue weighted by Gasteiger charge is 2.22. The summed E-state index contributed by atoms with van der Waals surface area (Å²) in [6.07, 6.45) is 1.79. The molecule has 14 heavy (non-hydrogen) atoms. The van der Waals surface area contributed by atoms with Gasteiger partial charge in [-0.25, -0.2) is 0 Å². The predicted octanol–water partition coefficient (Wildman–Crippen LogP) is 1.18. The standard InChI is InChI=1S/C11H15NO2/c13-10-4-2-1-3-9(10)11(14)7-12-8-5-6-8/h1-4,8,11-14H,5-7H2. The van der Waals surface area contributed by atoms with Gasteiger partial charge in [0.05, 0.1) is 6.10 Å². The number of phenolic OH excluding ortho intramolecular Hbond substituents is 1. The molecule has 2 rings (SSSR count). The maximum absolute atomic E-state index is 9.76. The minimum Gasteiger partial charge on any atom is -0.508 e. The summed E-state index contributed by atoms with van der Waals surface area (Å²) in [5, 5.41) is 22.5. The van der Waals surface area contributed by atoms with E-state index >= 15 is 0 Å². The molecule has 0 radical (unpaired) electrons. The van der Waals surface area contributed by atoms with Gasteiger partial charge in [0.1, 0.15) is 5.75 Å². The number of rotatable bonds is 4. The second-order valence-corrected chi connectivity index (χ2v) is 3.76. The summed E-state index contributed by atoms with van der Waals surface area (Å²) in [6, 6.07) is 7.48. The minimum atomic E-state index is -0.614. The fourth-order valence-electron chi connectivity index (χ4n) is 1.45. The minimum absolute atomic E-state index is 0.164. The van der Waals surface area contributed by atoms with Crippen LogP contribution in [0.25, 0.3) is 0 Å². The van der Waals surface area contributed by atoms with E-state index in [4.69, 9.17) is 0 Å². The van der Waals surface area contributed by atoms with Gasteiger partial charge in [0, 0.05) is 18.2 Å². The number of hydrogen-bond acceptors (Lipinski definition) is 3. The molecule has 0 bridgehead atoms. The molecule has 76 valence electrons. The van der Waals surface area contributed by atoms with E-state index in [0.717, 1.165) is 0 Å². The molecule has 1 unspecified atom stereocenters. The van der Waals surface area contributed by atoms with Gasteiger partial charge in [-0.05, 0) is 18.9 Å². The molecule has 1 aliphatic carbocycles. The molecule has 3 heteroatoms. The molecule has 1 aromatic carbocycles. The van der Waals surface area contributed by atoms with Crippen molar-refractivity contribution >= 4 is 0 Å². The summed E-state index contributed by atoms with van der Waals surface area (Å²) in [5.41, 5.74) is 0.598. The maximum atomic E-state index is 9.76. The summed E-state index contributed by atoms with van der Waals surface area (Å²) >= 11 is 0. The van der Waals surface area contributed by atoms with Crippen molar-refractivity contribution in [3.8, 4) is 5.75 Å². The third kappa shape index (κ3) is 2.25. The lowest BCUT2D eigenvalue weighted by atomic mass is 10.1. The number of para-hydroxylation sites is 1. The van der Waals surface area contributed by atoms with E-state index in [0.29, 0.717) is 18.2 Å². The summed E-state index contributed by atoms with van der Waals surface area (Å²) in [6.45, 7) is 0.516. The van der Waals surface area contributed by atoms with Gasteiger partial charge in [-0.2, -0.15) is 0 Å². The second-order valence-electron chi connectivity index (χ2n) is 3.76. The van der Waals surface area contributed by atoms with Crippen molar-refractivity contribution in [1.82, 2.24) is 5.32 Å². The van der Waals surface area contributed by atoms with Crippen LogP contribution < -0.4 is 5.32 Å². The molecular weight excluding hydrogens is 178 g/mol. The summed E-state index contributed by atoms with van der Waals surface area (Å²) in [4.78, 5) is 0. The molecule has 0 saturated heterocycles. The Morgan fingerprint density at radius 2 is 2.07 bits per heavy atom. The van der Waals surface area contributed by atoms with Gasteiger partial charge in [0.2, 0.25) is 0 Å². The highest BCUT2D eigenvalue weighted by molar-refractivity contribution is 5.33. The van der Waals surface area contributed by atoms with Gasteiger partial charge in [-0.15, -0.1) is 0 Å². The van der Waals surface area contributed by atoms with Crippen LogP contribution >= 0.6 is 0 Å². The molecule has 1 atom stereocenters. The Hall–Kier alpha value is -1.06. The molecule has 3 nitrogen and oxygen atoms in total. The smallest absolute Gasteiger partial charge is 0.121 e. The van der Waals surface area contributed by atoms with Gasteiger partial charge in [0.25, 0.3) is 0 Å². The van der Waals surface area contributed by atoms with Gasteiger partial charge in [-0.1, -0.05) is 18.2 Å². The molecule has 0 aliphatic heterocycles. The normalized spacial score (nSPS) is 18.1. The van der Waals surface area contributed by atoms with E-state index < -0.39 is 6.10 Å². The fraction of sp³-hybridized carbons (Fsp3) is 0.455. The first-order valence-electron chi connectivity index (χ1n) is 4.96. The summed E-state index contributed by atoms with van der Waals surface area (Å²) in [5.74, 6) is 0.164. The lowest BCUT2D eigenvalue weighted by Crippen LogP contribution is -2.23. The molecular formula is C11H15NO2. The van der Waals surface area contributed by atoms with Crippen molar-refractivity contribution in [3.05, 3.63) is 29.8 Å². The van der Waals surface area contributed by atoms with Crippen molar-refractivity contribution in [2.75, 3.05) is 6.54 Å². The predicted molar refractivity (Wildman–Crippen MR) is 54.1 cm³/mol. The zero-order valence-corrected chi connectivity index (χ0v) is 7.98. The average molecular weight is 193 g/mol. The SMILES string of the molecule is Oc1ccccc1C(O)CNC1CC1. The van der Waals surface area contributed by atoms with Crippen molar-refractivity contribution in [1.29, 1.82) is 0 Å². The topological polar surface area (TPSA) is 52.5 Å². The molecule has 3 N–H and O–H groups in total. The number of aliphatic hydroxyl groups excluding tert-OH is 1. The van der Waals surface area contributed by atoms with Crippen LogP contribution in [0.4, 0.5) is 0 Å². The number of benzene rings is 1. The van der Waals surface area contributed by atoms with Crippen LogP contribution in [0.5, 0.6) is 5.75 Å². The molecule has 0 amide bonds. The second kappa shape index (κ2) is 3.98. The van der Waals surface area contributed by atoms with Gasteiger partial charge in [-0.3, -0.25) is 0 Å². The number of nitrogens with one attached hydrogen (secondary N) is 1. The highest BCUT2D eigenvalue weighted by Crippen LogP contribution is 2.24. The lowest BCUT2D eigenvalue weighted by molar-refractivity contribution is 0.170. The Kier molecular flexibility index (Phi) is 2.70. The Labute approximate surface area is 83.4 Å². The van der Waals surface area contributed by atoms with Crippen LogP contribution in [0.3, 0.4) is 0 Å². The Morgan fingerprint density at radius 1 is 1.36 bits per heavy atom. The van der Waals surface area contributed by atoms with Crippen LogP contribution in [0.2, 0.25) is 0 Å². The van der Waals surface area contributed by atoms with E-state index in [-0.39, 0.29) is 5.75 Å². The quantitative estimate of drug-likeness (QED) is 0.673. The lowest BCUT2D eigenvalue weighted by Gasteiger charge is -2.12. The largest absolute Gasteiger partial charge is 0.508 e. The first-order chi connectivity index (χ1) is 6.77. The van der Waals surface area contributed by atoms with Crippen LogP contribution in [0, 0.1) is 0 Å². The van der Waals surface area contributed by atoms with Crippen molar-refractivity contribution in [2.24, 2.45) is 0 Å². The third-order valence-electron chi connectivity index (χ3n) is 2.47. The maximum Gasteiger partial charge on any atom is 0.121 e. The van der Waals surface area contributed by atoms with E-state index in [1.54, 1.807) is 18.2 Å². The first kappa shape index (κ1) is 9.49. The fourth-order valence-corrected chi connectivity index (χ4v) is 1.45. The van der Waals surface area contributed by atoms with E-state index in [2.05, 4.69) is 5.32 Å². The van der Waals surface area contributed by atoms with Crippen molar-refractivity contribution in [3.63, 3.8) is 0 Å². The molecule has 0 heterocycles. The van der Waals surface area contributed by atoms with Crippen molar-refractivity contribution in [2.45, 2.75) is 25.0 Å². The molecule has 1 fully saturated rings. The number of aliphatic hydroxyl groups is 1. The Bertz CT molecular complexity index is 310.